The smallest absolute Gasteiger partial charge is 0.257 e. The SMILES string of the molecule is CCN(CC)C(=O)C1CCc2sc(NC(=O)c3ccc(Cl)cc3)nc21. The standard InChI is InChI=1S/C18H20ClN3O2S/c1-3-22(4-2)17(24)13-9-10-14-15(13)20-18(25-14)21-16(23)11-5-7-12(19)8-6-11/h5-8,13H,3-4,9-10H2,1-2H3,(H,20,21,23). The fourth-order valence-corrected chi connectivity index (χ4v) is 4.21. The van der Waals surface area contributed by atoms with Crippen LogP contribution in [0.25, 0.3) is 0 Å². The molecular weight excluding hydrogens is 358 g/mol. The van der Waals surface area contributed by atoms with E-state index in [-0.39, 0.29) is 17.7 Å². The molecule has 7 heteroatoms. The number of likely N-dealkylation sites (N-methyl/N-ethyl adjacent to an activating group) is 1. The molecule has 2 aromatic rings. The maximum atomic E-state index is 12.6. The van der Waals surface area contributed by atoms with Crippen LogP contribution in [0.15, 0.2) is 24.3 Å². The number of fused-ring (bicyclic) bond motifs is 1. The Hall–Kier alpha value is -1.92. The van der Waals surface area contributed by atoms with Crippen molar-refractivity contribution < 1.29 is 9.59 Å². The highest BCUT2D eigenvalue weighted by atomic mass is 35.5. The van der Waals surface area contributed by atoms with E-state index in [4.69, 9.17) is 11.6 Å². The fourth-order valence-electron chi connectivity index (χ4n) is 3.05. The van der Waals surface area contributed by atoms with Crippen molar-refractivity contribution in [2.24, 2.45) is 0 Å². The molecule has 1 heterocycles. The van der Waals surface area contributed by atoms with E-state index >= 15 is 0 Å². The molecule has 1 aliphatic rings. The maximum absolute atomic E-state index is 12.6. The van der Waals surface area contributed by atoms with Crippen molar-refractivity contribution in [3.8, 4) is 0 Å². The van der Waals surface area contributed by atoms with Crippen molar-refractivity contribution in [3.05, 3.63) is 45.4 Å². The summed E-state index contributed by atoms with van der Waals surface area (Å²) in [5.74, 6) is -0.285. The van der Waals surface area contributed by atoms with Crippen LogP contribution in [0, 0.1) is 0 Å². The van der Waals surface area contributed by atoms with Crippen molar-refractivity contribution in [2.75, 3.05) is 18.4 Å². The van der Waals surface area contributed by atoms with Gasteiger partial charge in [-0.2, -0.15) is 0 Å². The Morgan fingerprint density at radius 1 is 1.28 bits per heavy atom. The Morgan fingerprint density at radius 3 is 2.60 bits per heavy atom. The number of thiazole rings is 1. The van der Waals surface area contributed by atoms with Gasteiger partial charge in [-0.1, -0.05) is 11.6 Å². The van der Waals surface area contributed by atoms with Gasteiger partial charge in [-0.15, -0.1) is 11.3 Å². The summed E-state index contributed by atoms with van der Waals surface area (Å²) in [5.41, 5.74) is 1.35. The topological polar surface area (TPSA) is 62.3 Å². The largest absolute Gasteiger partial charge is 0.343 e. The summed E-state index contributed by atoms with van der Waals surface area (Å²) in [7, 11) is 0. The number of hydrogen-bond donors (Lipinski definition) is 1. The summed E-state index contributed by atoms with van der Waals surface area (Å²) < 4.78 is 0. The fraction of sp³-hybridized carbons (Fsp3) is 0.389. The molecule has 0 bridgehead atoms. The molecule has 0 saturated carbocycles. The number of carbonyl (C=O) groups excluding carboxylic acids is 2. The van der Waals surface area contributed by atoms with Crippen LogP contribution in [0.4, 0.5) is 5.13 Å². The van der Waals surface area contributed by atoms with E-state index in [0.29, 0.717) is 28.8 Å². The quantitative estimate of drug-likeness (QED) is 0.858. The number of nitrogens with one attached hydrogen (secondary N) is 1. The molecule has 1 aromatic carbocycles. The highest BCUT2D eigenvalue weighted by Crippen LogP contribution is 2.39. The number of aryl methyl sites for hydroxylation is 1. The number of anilines is 1. The third-order valence-corrected chi connectivity index (χ3v) is 5.72. The molecule has 1 unspecified atom stereocenters. The molecule has 0 fully saturated rings. The Morgan fingerprint density at radius 2 is 1.96 bits per heavy atom. The van der Waals surface area contributed by atoms with Crippen molar-refractivity contribution in [3.63, 3.8) is 0 Å². The van der Waals surface area contributed by atoms with Crippen LogP contribution in [-0.4, -0.2) is 34.8 Å². The molecule has 0 saturated heterocycles. The monoisotopic (exact) mass is 377 g/mol. The first kappa shape index (κ1) is 17.9. The van der Waals surface area contributed by atoms with E-state index in [1.165, 1.54) is 11.3 Å². The number of benzene rings is 1. The molecule has 1 atom stereocenters. The minimum Gasteiger partial charge on any atom is -0.343 e. The second-order valence-corrected chi connectivity index (χ2v) is 7.41. The second-order valence-electron chi connectivity index (χ2n) is 5.89. The third-order valence-electron chi connectivity index (χ3n) is 4.42. The first-order chi connectivity index (χ1) is 12.0. The van der Waals surface area contributed by atoms with E-state index in [1.54, 1.807) is 24.3 Å². The zero-order chi connectivity index (χ0) is 18.0. The molecule has 0 radical (unpaired) electrons. The average Bonchev–Trinajstić information content (AvgIpc) is 3.16. The number of carbonyl (C=O) groups is 2. The third kappa shape index (κ3) is 3.70. The predicted molar refractivity (Wildman–Crippen MR) is 101 cm³/mol. The van der Waals surface area contributed by atoms with E-state index in [0.717, 1.165) is 23.4 Å². The van der Waals surface area contributed by atoms with E-state index in [2.05, 4.69) is 10.3 Å². The van der Waals surface area contributed by atoms with E-state index in [9.17, 15) is 9.59 Å². The van der Waals surface area contributed by atoms with Crippen LogP contribution in [-0.2, 0) is 11.2 Å². The molecule has 0 spiro atoms. The van der Waals surface area contributed by atoms with Gasteiger partial charge in [-0.05, 0) is 51.0 Å². The zero-order valence-electron chi connectivity index (χ0n) is 14.2. The summed E-state index contributed by atoms with van der Waals surface area (Å²) in [6, 6.07) is 6.70. The van der Waals surface area contributed by atoms with Crippen LogP contribution in [0.2, 0.25) is 5.02 Å². The molecule has 3 rings (SSSR count). The number of halogens is 1. The first-order valence-electron chi connectivity index (χ1n) is 8.38. The van der Waals surface area contributed by atoms with Crippen molar-refractivity contribution >= 4 is 39.9 Å². The van der Waals surface area contributed by atoms with Crippen LogP contribution in [0.1, 0.15) is 47.1 Å². The molecular formula is C18H20ClN3O2S. The zero-order valence-corrected chi connectivity index (χ0v) is 15.8. The highest BCUT2D eigenvalue weighted by molar-refractivity contribution is 7.16. The molecule has 132 valence electrons. The van der Waals surface area contributed by atoms with Crippen LogP contribution < -0.4 is 5.32 Å². The van der Waals surface area contributed by atoms with Gasteiger partial charge in [0.05, 0.1) is 11.6 Å². The van der Waals surface area contributed by atoms with Gasteiger partial charge in [0.2, 0.25) is 5.91 Å². The Bertz CT molecular complexity index is 784. The second kappa shape index (κ2) is 7.54. The summed E-state index contributed by atoms with van der Waals surface area (Å²) in [6.07, 6.45) is 1.64. The van der Waals surface area contributed by atoms with Gasteiger partial charge in [0.1, 0.15) is 0 Å². The van der Waals surface area contributed by atoms with Gasteiger partial charge in [0.15, 0.2) is 5.13 Å². The number of hydrogen-bond acceptors (Lipinski definition) is 4. The van der Waals surface area contributed by atoms with Crippen LogP contribution in [0.3, 0.4) is 0 Å². The lowest BCUT2D eigenvalue weighted by Gasteiger charge is -2.22. The normalized spacial score (nSPS) is 15.7. The van der Waals surface area contributed by atoms with Crippen LogP contribution >= 0.6 is 22.9 Å². The first-order valence-corrected chi connectivity index (χ1v) is 9.58. The molecule has 5 nitrogen and oxygen atoms in total. The highest BCUT2D eigenvalue weighted by Gasteiger charge is 2.34. The Balaban J connectivity index is 1.74. The van der Waals surface area contributed by atoms with Gasteiger partial charge in [-0.3, -0.25) is 14.9 Å². The molecule has 1 aromatic heterocycles. The minimum atomic E-state index is -0.226. The summed E-state index contributed by atoms with van der Waals surface area (Å²) in [5, 5.41) is 3.95. The summed E-state index contributed by atoms with van der Waals surface area (Å²) in [4.78, 5) is 32.4. The van der Waals surface area contributed by atoms with Gasteiger partial charge in [0.25, 0.3) is 5.91 Å². The van der Waals surface area contributed by atoms with E-state index < -0.39 is 0 Å². The molecule has 0 aliphatic heterocycles. The lowest BCUT2D eigenvalue weighted by molar-refractivity contribution is -0.132. The minimum absolute atomic E-state index is 0.129. The molecule has 2 amide bonds. The predicted octanol–water partition coefficient (Wildman–Crippen LogP) is 3.95. The van der Waals surface area contributed by atoms with Gasteiger partial charge in [0, 0.05) is 28.6 Å². The molecule has 1 N–H and O–H groups in total. The number of rotatable bonds is 5. The van der Waals surface area contributed by atoms with Crippen molar-refractivity contribution in [2.45, 2.75) is 32.6 Å². The molecule has 25 heavy (non-hydrogen) atoms. The van der Waals surface area contributed by atoms with Gasteiger partial charge in [-0.25, -0.2) is 4.98 Å². The van der Waals surface area contributed by atoms with Crippen molar-refractivity contribution in [1.29, 1.82) is 0 Å². The number of nitrogens with zero attached hydrogens (tertiary/aromatic N) is 2. The number of aromatic nitrogens is 1. The Labute approximate surface area is 156 Å². The Kier molecular flexibility index (Phi) is 5.39. The lowest BCUT2D eigenvalue weighted by atomic mass is 10.1. The molecule has 1 aliphatic carbocycles. The van der Waals surface area contributed by atoms with Crippen molar-refractivity contribution in [1.82, 2.24) is 9.88 Å². The average molecular weight is 378 g/mol. The maximum Gasteiger partial charge on any atom is 0.257 e. The summed E-state index contributed by atoms with van der Waals surface area (Å²) in [6.45, 7) is 5.36. The van der Waals surface area contributed by atoms with Gasteiger partial charge >= 0.3 is 0 Å². The van der Waals surface area contributed by atoms with Crippen LogP contribution in [0.5, 0.6) is 0 Å². The van der Waals surface area contributed by atoms with E-state index in [1.807, 2.05) is 18.7 Å². The van der Waals surface area contributed by atoms with Gasteiger partial charge < -0.3 is 4.90 Å². The lowest BCUT2D eigenvalue weighted by Crippen LogP contribution is -2.34. The number of amides is 2. The summed E-state index contributed by atoms with van der Waals surface area (Å²) >= 11 is 7.30.